The first-order valence-electron chi connectivity index (χ1n) is 6.95. The summed E-state index contributed by atoms with van der Waals surface area (Å²) in [6.45, 7) is 8.19. The zero-order valence-corrected chi connectivity index (χ0v) is 11.8. The van der Waals surface area contributed by atoms with E-state index in [1.165, 1.54) is 10.9 Å². The molecule has 3 heteroatoms. The van der Waals surface area contributed by atoms with E-state index in [0.717, 1.165) is 25.2 Å². The van der Waals surface area contributed by atoms with Gasteiger partial charge in [-0.3, -0.25) is 9.88 Å². The van der Waals surface area contributed by atoms with Crippen LogP contribution in [0.5, 0.6) is 0 Å². The van der Waals surface area contributed by atoms with E-state index in [2.05, 4.69) is 48.0 Å². The molecule has 19 heavy (non-hydrogen) atoms. The van der Waals surface area contributed by atoms with Crippen molar-refractivity contribution in [1.82, 2.24) is 9.88 Å². The highest BCUT2D eigenvalue weighted by molar-refractivity contribution is 5.78. The predicted molar refractivity (Wildman–Crippen MR) is 80.9 cm³/mol. The lowest BCUT2D eigenvalue weighted by molar-refractivity contribution is 0.242. The van der Waals surface area contributed by atoms with E-state index < -0.39 is 0 Å². The van der Waals surface area contributed by atoms with Crippen molar-refractivity contribution in [2.75, 3.05) is 19.6 Å². The second-order valence-corrected chi connectivity index (χ2v) is 5.45. The normalized spacial score (nSPS) is 11.6. The Hall–Kier alpha value is -1.45. The van der Waals surface area contributed by atoms with Crippen LogP contribution in [0.15, 0.2) is 36.5 Å². The third-order valence-corrected chi connectivity index (χ3v) is 3.14. The maximum atomic E-state index is 5.70. The van der Waals surface area contributed by atoms with Gasteiger partial charge in [-0.1, -0.05) is 26.0 Å². The van der Waals surface area contributed by atoms with Crippen molar-refractivity contribution in [2.24, 2.45) is 11.7 Å². The molecule has 1 aromatic heterocycles. The fourth-order valence-electron chi connectivity index (χ4n) is 2.42. The zero-order chi connectivity index (χ0) is 13.7. The maximum absolute atomic E-state index is 5.70. The highest BCUT2D eigenvalue weighted by Gasteiger charge is 2.08. The minimum Gasteiger partial charge on any atom is -0.329 e. The summed E-state index contributed by atoms with van der Waals surface area (Å²) in [5.41, 5.74) is 8.08. The molecule has 3 nitrogen and oxygen atoms in total. The van der Waals surface area contributed by atoms with Crippen LogP contribution in [0.2, 0.25) is 0 Å². The zero-order valence-electron chi connectivity index (χ0n) is 11.8. The van der Waals surface area contributed by atoms with Gasteiger partial charge in [0, 0.05) is 37.8 Å². The summed E-state index contributed by atoms with van der Waals surface area (Å²) >= 11 is 0. The number of rotatable bonds is 6. The highest BCUT2D eigenvalue weighted by atomic mass is 15.1. The molecule has 0 aliphatic heterocycles. The Kier molecular flexibility index (Phi) is 4.88. The summed E-state index contributed by atoms with van der Waals surface area (Å²) in [4.78, 5) is 6.77. The molecule has 0 saturated heterocycles. The fourth-order valence-corrected chi connectivity index (χ4v) is 2.42. The Labute approximate surface area is 115 Å². The maximum Gasteiger partial charge on any atom is 0.0702 e. The molecule has 0 unspecified atom stereocenters. The van der Waals surface area contributed by atoms with Gasteiger partial charge in [0.2, 0.25) is 0 Å². The largest absolute Gasteiger partial charge is 0.329 e. The van der Waals surface area contributed by atoms with Crippen molar-refractivity contribution in [3.05, 3.63) is 42.1 Å². The number of nitrogens with two attached hydrogens (primary N) is 1. The summed E-state index contributed by atoms with van der Waals surface area (Å²) in [6, 6.07) is 10.6. The predicted octanol–water partition coefficient (Wildman–Crippen LogP) is 2.65. The van der Waals surface area contributed by atoms with Crippen LogP contribution in [-0.2, 0) is 6.54 Å². The summed E-state index contributed by atoms with van der Waals surface area (Å²) in [7, 11) is 0. The number of fused-ring (bicyclic) bond motifs is 1. The Balaban J connectivity index is 2.13. The van der Waals surface area contributed by atoms with E-state index >= 15 is 0 Å². The molecular weight excluding hydrogens is 234 g/mol. The summed E-state index contributed by atoms with van der Waals surface area (Å²) in [5, 5.41) is 1.21. The first kappa shape index (κ1) is 14.0. The third kappa shape index (κ3) is 4.01. The molecule has 0 atom stereocenters. The van der Waals surface area contributed by atoms with Crippen LogP contribution in [0.4, 0.5) is 0 Å². The molecule has 0 aliphatic rings. The molecule has 2 N–H and O–H groups in total. The average molecular weight is 257 g/mol. The van der Waals surface area contributed by atoms with Crippen LogP contribution < -0.4 is 5.73 Å². The molecular formula is C16H23N3. The minimum absolute atomic E-state index is 0.661. The van der Waals surface area contributed by atoms with Crippen molar-refractivity contribution in [1.29, 1.82) is 0 Å². The summed E-state index contributed by atoms with van der Waals surface area (Å²) < 4.78 is 0. The third-order valence-electron chi connectivity index (χ3n) is 3.14. The van der Waals surface area contributed by atoms with Crippen molar-refractivity contribution in [2.45, 2.75) is 20.4 Å². The fraction of sp³-hybridized carbons (Fsp3) is 0.438. The van der Waals surface area contributed by atoms with Crippen molar-refractivity contribution >= 4 is 10.9 Å². The lowest BCUT2D eigenvalue weighted by atomic mass is 10.1. The van der Waals surface area contributed by atoms with Gasteiger partial charge in [0.15, 0.2) is 0 Å². The van der Waals surface area contributed by atoms with Gasteiger partial charge in [0.05, 0.1) is 5.52 Å². The lowest BCUT2D eigenvalue weighted by Gasteiger charge is -2.23. The Morgan fingerprint density at radius 3 is 2.84 bits per heavy atom. The number of aromatic nitrogens is 1. The molecule has 0 amide bonds. The average Bonchev–Trinajstić information content (AvgIpc) is 2.38. The van der Waals surface area contributed by atoms with Gasteiger partial charge in [0.1, 0.15) is 0 Å². The van der Waals surface area contributed by atoms with Crippen LogP contribution in [0, 0.1) is 5.92 Å². The Morgan fingerprint density at radius 2 is 2.11 bits per heavy atom. The van der Waals surface area contributed by atoms with Gasteiger partial charge in [0.25, 0.3) is 0 Å². The van der Waals surface area contributed by atoms with E-state index in [0.29, 0.717) is 12.5 Å². The molecule has 2 rings (SSSR count). The molecule has 0 saturated carbocycles. The van der Waals surface area contributed by atoms with Gasteiger partial charge in [-0.2, -0.15) is 0 Å². The van der Waals surface area contributed by atoms with Crippen LogP contribution in [-0.4, -0.2) is 29.5 Å². The van der Waals surface area contributed by atoms with E-state index in [4.69, 9.17) is 5.73 Å². The van der Waals surface area contributed by atoms with E-state index in [1.807, 2.05) is 12.3 Å². The topological polar surface area (TPSA) is 42.1 Å². The van der Waals surface area contributed by atoms with Crippen molar-refractivity contribution in [3.63, 3.8) is 0 Å². The number of nitrogens with zero attached hydrogens (tertiary/aromatic N) is 2. The van der Waals surface area contributed by atoms with Gasteiger partial charge < -0.3 is 5.73 Å². The minimum atomic E-state index is 0.661. The van der Waals surface area contributed by atoms with Gasteiger partial charge in [-0.05, 0) is 29.7 Å². The molecule has 1 aromatic carbocycles. The summed E-state index contributed by atoms with van der Waals surface area (Å²) in [6.07, 6.45) is 1.83. The van der Waals surface area contributed by atoms with Gasteiger partial charge in [-0.15, -0.1) is 0 Å². The lowest BCUT2D eigenvalue weighted by Crippen LogP contribution is -2.32. The summed E-state index contributed by atoms with van der Waals surface area (Å²) in [5.74, 6) is 0.661. The Bertz CT molecular complexity index is 522. The Morgan fingerprint density at radius 1 is 1.26 bits per heavy atom. The van der Waals surface area contributed by atoms with Crippen LogP contribution in [0.25, 0.3) is 10.9 Å². The monoisotopic (exact) mass is 257 g/mol. The second kappa shape index (κ2) is 6.64. The molecule has 2 aromatic rings. The number of pyridine rings is 1. The quantitative estimate of drug-likeness (QED) is 0.865. The SMILES string of the molecule is CC(C)CN(CCN)Cc1ccc2ncccc2c1. The molecule has 1 heterocycles. The van der Waals surface area contributed by atoms with E-state index in [9.17, 15) is 0 Å². The second-order valence-electron chi connectivity index (χ2n) is 5.45. The number of benzene rings is 1. The van der Waals surface area contributed by atoms with Gasteiger partial charge in [-0.25, -0.2) is 0 Å². The molecule has 102 valence electrons. The molecule has 0 bridgehead atoms. The number of hydrogen-bond acceptors (Lipinski definition) is 3. The van der Waals surface area contributed by atoms with Crippen molar-refractivity contribution < 1.29 is 0 Å². The number of hydrogen-bond donors (Lipinski definition) is 1. The van der Waals surface area contributed by atoms with E-state index in [-0.39, 0.29) is 0 Å². The highest BCUT2D eigenvalue weighted by Crippen LogP contribution is 2.15. The first-order chi connectivity index (χ1) is 9.19. The van der Waals surface area contributed by atoms with Gasteiger partial charge >= 0.3 is 0 Å². The molecule has 0 radical (unpaired) electrons. The molecule has 0 fully saturated rings. The standard InChI is InChI=1S/C16H23N3/c1-13(2)11-19(9-7-17)12-14-5-6-16-15(10-14)4-3-8-18-16/h3-6,8,10,13H,7,9,11-12,17H2,1-2H3. The van der Waals surface area contributed by atoms with Crippen LogP contribution >= 0.6 is 0 Å². The van der Waals surface area contributed by atoms with E-state index in [1.54, 1.807) is 0 Å². The molecule has 0 aliphatic carbocycles. The smallest absolute Gasteiger partial charge is 0.0702 e. The van der Waals surface area contributed by atoms with Crippen LogP contribution in [0.1, 0.15) is 19.4 Å². The first-order valence-corrected chi connectivity index (χ1v) is 6.95. The molecule has 0 spiro atoms. The van der Waals surface area contributed by atoms with Crippen molar-refractivity contribution in [3.8, 4) is 0 Å². The van der Waals surface area contributed by atoms with Crippen LogP contribution in [0.3, 0.4) is 0 Å².